The van der Waals surface area contributed by atoms with Crippen molar-refractivity contribution in [1.29, 1.82) is 0 Å². The lowest BCUT2D eigenvalue weighted by Gasteiger charge is -2.08. The molecule has 0 atom stereocenters. The third kappa shape index (κ3) is 5.33. The second kappa shape index (κ2) is 9.79. The van der Waals surface area contributed by atoms with Crippen LogP contribution in [0.25, 0.3) is 11.4 Å². The van der Waals surface area contributed by atoms with Gasteiger partial charge in [0.1, 0.15) is 10.7 Å². The molecule has 0 bridgehead atoms. The lowest BCUT2D eigenvalue weighted by molar-refractivity contribution is -0.402. The first-order chi connectivity index (χ1) is 15.2. The van der Waals surface area contributed by atoms with Crippen LogP contribution in [-0.2, 0) is 5.75 Å². The van der Waals surface area contributed by atoms with E-state index in [4.69, 9.17) is 4.42 Å². The summed E-state index contributed by atoms with van der Waals surface area (Å²) in [6, 6.07) is 5.36. The Kier molecular flexibility index (Phi) is 6.67. The van der Waals surface area contributed by atoms with Gasteiger partial charge in [0.25, 0.3) is 0 Å². The van der Waals surface area contributed by atoms with E-state index in [1.807, 2.05) is 6.07 Å². The molecule has 0 aliphatic heterocycles. The molecule has 9 heteroatoms. The number of hydrogen-bond donors (Lipinski definition) is 0. The van der Waals surface area contributed by atoms with E-state index in [-0.39, 0.29) is 5.88 Å². The third-order valence-electron chi connectivity index (χ3n) is 4.88. The summed E-state index contributed by atoms with van der Waals surface area (Å²) in [5.41, 5.74) is 1.76. The Morgan fingerprint density at radius 2 is 2.16 bits per heavy atom. The molecule has 3 aromatic heterocycles. The van der Waals surface area contributed by atoms with Gasteiger partial charge < -0.3 is 4.42 Å². The molecule has 0 saturated heterocycles. The first-order valence-electron chi connectivity index (χ1n) is 10.4. The molecule has 3 aromatic rings. The number of nitrogens with zero attached hydrogens (tertiary/aromatic N) is 5. The largest absolute Gasteiger partial charge is 0.433 e. The van der Waals surface area contributed by atoms with Gasteiger partial charge in [-0.3, -0.25) is 19.7 Å². The molecular formula is C22H23N5O3S. The zero-order chi connectivity index (χ0) is 21.6. The minimum absolute atomic E-state index is 0.251. The van der Waals surface area contributed by atoms with Crippen molar-refractivity contribution in [2.75, 3.05) is 0 Å². The van der Waals surface area contributed by atoms with E-state index >= 15 is 0 Å². The van der Waals surface area contributed by atoms with Crippen LogP contribution in [0, 0.1) is 22.0 Å². The summed E-state index contributed by atoms with van der Waals surface area (Å²) in [4.78, 5) is 14.6. The molecule has 31 heavy (non-hydrogen) atoms. The molecule has 160 valence electrons. The van der Waals surface area contributed by atoms with Crippen molar-refractivity contribution < 1.29 is 9.34 Å². The molecule has 1 aliphatic carbocycles. The van der Waals surface area contributed by atoms with Crippen molar-refractivity contribution in [2.45, 2.75) is 62.4 Å². The van der Waals surface area contributed by atoms with E-state index in [0.717, 1.165) is 47.8 Å². The molecule has 1 aliphatic rings. The van der Waals surface area contributed by atoms with E-state index in [2.05, 4.69) is 38.5 Å². The zero-order valence-corrected chi connectivity index (χ0v) is 18.1. The standard InChI is InChI=1S/C22H23N5O3S/c1-2-3-4-5-6-7-16-12-17(14-23-13-16)21-24-25-22(26(21)18-8-9-18)31-15-19-10-11-20(30-19)27(28)29/h10-14,18H,2-5,8-9,15H2,1H3. The molecule has 0 amide bonds. The normalized spacial score (nSPS) is 13.1. The van der Waals surface area contributed by atoms with Crippen molar-refractivity contribution in [1.82, 2.24) is 19.7 Å². The van der Waals surface area contributed by atoms with Gasteiger partial charge in [-0.15, -0.1) is 10.2 Å². The Bertz CT molecular complexity index is 1120. The van der Waals surface area contributed by atoms with Crippen LogP contribution in [0.4, 0.5) is 5.88 Å². The fraction of sp³-hybridized carbons (Fsp3) is 0.409. The number of rotatable bonds is 9. The molecular weight excluding hydrogens is 414 g/mol. The van der Waals surface area contributed by atoms with Crippen molar-refractivity contribution in [2.24, 2.45) is 0 Å². The first-order valence-corrected chi connectivity index (χ1v) is 11.4. The molecule has 3 heterocycles. The highest BCUT2D eigenvalue weighted by atomic mass is 32.2. The predicted octanol–water partition coefficient (Wildman–Crippen LogP) is 5.40. The fourth-order valence-electron chi connectivity index (χ4n) is 3.17. The minimum atomic E-state index is -0.536. The van der Waals surface area contributed by atoms with Crippen LogP contribution in [0.1, 0.15) is 62.8 Å². The topological polar surface area (TPSA) is 99.9 Å². The maximum atomic E-state index is 10.8. The van der Waals surface area contributed by atoms with Gasteiger partial charge in [0.05, 0.1) is 11.8 Å². The highest BCUT2D eigenvalue weighted by Crippen LogP contribution is 2.41. The number of unbranched alkanes of at least 4 members (excludes halogenated alkanes) is 3. The zero-order valence-electron chi connectivity index (χ0n) is 17.3. The lowest BCUT2D eigenvalue weighted by atomic mass is 10.1. The summed E-state index contributed by atoms with van der Waals surface area (Å²) in [5.74, 6) is 7.93. The average molecular weight is 438 g/mol. The van der Waals surface area contributed by atoms with Crippen molar-refractivity contribution in [3.8, 4) is 23.2 Å². The Hall–Kier alpha value is -3.12. The summed E-state index contributed by atoms with van der Waals surface area (Å²) in [6.07, 6.45) is 10.1. The molecule has 8 nitrogen and oxygen atoms in total. The second-order valence-electron chi connectivity index (χ2n) is 7.41. The Morgan fingerprint density at radius 3 is 2.90 bits per heavy atom. The highest BCUT2D eigenvalue weighted by Gasteiger charge is 2.30. The molecule has 0 unspecified atom stereocenters. The van der Waals surface area contributed by atoms with Crippen LogP contribution in [-0.4, -0.2) is 24.7 Å². The summed E-state index contributed by atoms with van der Waals surface area (Å²) in [5, 5.41) is 20.4. The number of nitro groups is 1. The SMILES string of the molecule is CCCCCC#Cc1cncc(-c2nnc(SCc3ccc([N+](=O)[O-])o3)n2C2CC2)c1. The van der Waals surface area contributed by atoms with E-state index in [0.29, 0.717) is 17.6 Å². The number of pyridine rings is 1. The second-order valence-corrected chi connectivity index (χ2v) is 8.36. The number of furan rings is 1. The smallest absolute Gasteiger partial charge is 0.405 e. The lowest BCUT2D eigenvalue weighted by Crippen LogP contribution is -2.00. The van der Waals surface area contributed by atoms with Gasteiger partial charge in [0, 0.05) is 36.0 Å². The molecule has 4 rings (SSSR count). The molecule has 1 fully saturated rings. The van der Waals surface area contributed by atoms with Gasteiger partial charge in [-0.1, -0.05) is 43.4 Å². The van der Waals surface area contributed by atoms with Crippen LogP contribution in [0.5, 0.6) is 0 Å². The van der Waals surface area contributed by atoms with E-state index in [1.54, 1.807) is 18.5 Å². The van der Waals surface area contributed by atoms with Gasteiger partial charge in [-0.05, 0) is 31.4 Å². The Balaban J connectivity index is 1.51. The molecule has 0 spiro atoms. The van der Waals surface area contributed by atoms with E-state index < -0.39 is 4.92 Å². The predicted molar refractivity (Wildman–Crippen MR) is 117 cm³/mol. The Morgan fingerprint density at radius 1 is 1.29 bits per heavy atom. The number of hydrogen-bond acceptors (Lipinski definition) is 7. The fourth-order valence-corrected chi connectivity index (χ4v) is 4.07. The maximum Gasteiger partial charge on any atom is 0.433 e. The van der Waals surface area contributed by atoms with Crippen molar-refractivity contribution in [3.05, 3.63) is 52.0 Å². The molecule has 0 aromatic carbocycles. The molecule has 1 saturated carbocycles. The van der Waals surface area contributed by atoms with Crippen LogP contribution in [0.3, 0.4) is 0 Å². The summed E-state index contributed by atoms with van der Waals surface area (Å²) in [6.45, 7) is 2.18. The van der Waals surface area contributed by atoms with Gasteiger partial charge >= 0.3 is 5.88 Å². The van der Waals surface area contributed by atoms with Gasteiger partial charge in [0.15, 0.2) is 11.0 Å². The van der Waals surface area contributed by atoms with Crippen LogP contribution in [0.2, 0.25) is 0 Å². The molecule has 0 N–H and O–H groups in total. The van der Waals surface area contributed by atoms with E-state index in [1.165, 1.54) is 30.7 Å². The van der Waals surface area contributed by atoms with E-state index in [9.17, 15) is 10.1 Å². The van der Waals surface area contributed by atoms with Gasteiger partial charge in [-0.25, -0.2) is 0 Å². The number of thioether (sulfide) groups is 1. The van der Waals surface area contributed by atoms with Crippen LogP contribution < -0.4 is 0 Å². The quantitative estimate of drug-likeness (QED) is 0.145. The maximum absolute atomic E-state index is 10.8. The minimum Gasteiger partial charge on any atom is -0.405 e. The van der Waals surface area contributed by atoms with Crippen molar-refractivity contribution in [3.63, 3.8) is 0 Å². The van der Waals surface area contributed by atoms with Crippen LogP contribution >= 0.6 is 11.8 Å². The first kappa shape index (κ1) is 21.1. The highest BCUT2D eigenvalue weighted by molar-refractivity contribution is 7.98. The molecule has 0 radical (unpaired) electrons. The average Bonchev–Trinajstić information content (AvgIpc) is 3.33. The number of aromatic nitrogens is 4. The summed E-state index contributed by atoms with van der Waals surface area (Å²) in [7, 11) is 0. The summed E-state index contributed by atoms with van der Waals surface area (Å²) < 4.78 is 7.39. The third-order valence-corrected chi connectivity index (χ3v) is 5.85. The monoisotopic (exact) mass is 437 g/mol. The van der Waals surface area contributed by atoms with Crippen molar-refractivity contribution >= 4 is 17.6 Å². The van der Waals surface area contributed by atoms with Gasteiger partial charge in [-0.2, -0.15) is 0 Å². The summed E-state index contributed by atoms with van der Waals surface area (Å²) >= 11 is 1.46. The van der Waals surface area contributed by atoms with Gasteiger partial charge in [0.2, 0.25) is 0 Å². The van der Waals surface area contributed by atoms with Crippen LogP contribution in [0.15, 0.2) is 40.2 Å². The Labute approximate surface area is 184 Å².